The van der Waals surface area contributed by atoms with E-state index in [4.69, 9.17) is 17.4 Å². The van der Waals surface area contributed by atoms with E-state index in [0.29, 0.717) is 22.8 Å². The molecule has 9 nitrogen and oxygen atoms in total. The number of hydrogen-bond acceptors (Lipinski definition) is 7. The Kier molecular flexibility index (Phi) is 4.33. The molecule has 0 atom stereocenters. The third-order valence-electron chi connectivity index (χ3n) is 2.64. The van der Waals surface area contributed by atoms with Crippen molar-refractivity contribution < 1.29 is 4.92 Å². The number of aryl methyl sites for hydroxylation is 1. The predicted octanol–water partition coefficient (Wildman–Crippen LogP) is 1.56. The number of benzene rings is 1. The number of aromatic nitrogens is 3. The summed E-state index contributed by atoms with van der Waals surface area (Å²) in [5, 5.41) is 22.6. The first-order valence-corrected chi connectivity index (χ1v) is 6.33. The molecule has 0 aliphatic carbocycles. The number of non-ortho nitro benzene ring substituents is 1. The summed E-state index contributed by atoms with van der Waals surface area (Å²) < 4.78 is 1.27. The van der Waals surface area contributed by atoms with Crippen LogP contribution in [0.1, 0.15) is 18.3 Å². The largest absolute Gasteiger partial charge is 0.335 e. The number of nitro benzene ring substituents is 1. The van der Waals surface area contributed by atoms with Crippen molar-refractivity contribution in [3.63, 3.8) is 0 Å². The summed E-state index contributed by atoms with van der Waals surface area (Å²) in [5.74, 6) is 6.58. The number of halogens is 1. The Hall–Kier alpha value is -2.68. The molecule has 2 rings (SSSR count). The average Bonchev–Trinajstić information content (AvgIpc) is 2.81. The first-order valence-electron chi connectivity index (χ1n) is 5.95. The van der Waals surface area contributed by atoms with Gasteiger partial charge in [-0.15, -0.1) is 10.2 Å². The van der Waals surface area contributed by atoms with Gasteiger partial charge in [-0.25, -0.2) is 10.1 Å². The lowest BCUT2D eigenvalue weighted by molar-refractivity contribution is -0.384. The molecule has 0 aliphatic heterocycles. The van der Waals surface area contributed by atoms with E-state index in [9.17, 15) is 10.1 Å². The fourth-order valence-corrected chi connectivity index (χ4v) is 1.71. The fraction of sp³-hybridized carbons (Fsp3) is 0.182. The van der Waals surface area contributed by atoms with Crippen LogP contribution in [0.25, 0.3) is 0 Å². The van der Waals surface area contributed by atoms with Gasteiger partial charge in [0.2, 0.25) is 0 Å². The van der Waals surface area contributed by atoms with E-state index in [2.05, 4.69) is 20.7 Å². The molecule has 0 radical (unpaired) electrons. The summed E-state index contributed by atoms with van der Waals surface area (Å²) in [6, 6.07) is 4.07. The molecule has 0 saturated carbocycles. The third kappa shape index (κ3) is 3.26. The first kappa shape index (κ1) is 14.7. The minimum absolute atomic E-state index is 0.0730. The van der Waals surface area contributed by atoms with Crippen molar-refractivity contribution in [1.82, 2.24) is 14.9 Å². The Morgan fingerprint density at radius 1 is 1.57 bits per heavy atom. The zero-order valence-electron chi connectivity index (χ0n) is 11.0. The molecule has 0 saturated heterocycles. The highest BCUT2D eigenvalue weighted by Crippen LogP contribution is 2.20. The van der Waals surface area contributed by atoms with Crippen LogP contribution in [-0.4, -0.2) is 26.0 Å². The number of hydrazone groups is 1. The number of nitrogen functional groups attached to an aromatic ring is 1. The number of anilines is 1. The van der Waals surface area contributed by atoms with Gasteiger partial charge in [0.05, 0.1) is 11.1 Å². The molecule has 2 aromatic rings. The van der Waals surface area contributed by atoms with Crippen molar-refractivity contribution in [2.24, 2.45) is 5.10 Å². The molecule has 110 valence electrons. The van der Waals surface area contributed by atoms with E-state index < -0.39 is 4.92 Å². The zero-order chi connectivity index (χ0) is 15.4. The summed E-state index contributed by atoms with van der Waals surface area (Å²) in [7, 11) is 0. The summed E-state index contributed by atoms with van der Waals surface area (Å²) in [4.78, 5) is 10.2. The van der Waals surface area contributed by atoms with Crippen molar-refractivity contribution in [1.29, 1.82) is 0 Å². The van der Waals surface area contributed by atoms with Gasteiger partial charge in [-0.1, -0.05) is 18.5 Å². The van der Waals surface area contributed by atoms with E-state index in [1.165, 1.54) is 29.1 Å². The highest BCUT2D eigenvalue weighted by Gasteiger charge is 2.09. The van der Waals surface area contributed by atoms with Crippen molar-refractivity contribution in [3.8, 4) is 0 Å². The number of nitrogens with two attached hydrogens (primary N) is 1. The zero-order valence-corrected chi connectivity index (χ0v) is 11.8. The number of nitrogens with zero attached hydrogens (tertiary/aromatic N) is 5. The SMILES string of the molecule is CCc1nnc(N/N=C\c2cc([N+](=O)[O-])ccc2Cl)n1N. The molecule has 3 N–H and O–H groups in total. The van der Waals surface area contributed by atoms with Crippen molar-refractivity contribution in [2.45, 2.75) is 13.3 Å². The lowest BCUT2D eigenvalue weighted by Gasteiger charge is -2.01. The molecule has 0 fully saturated rings. The lowest BCUT2D eigenvalue weighted by atomic mass is 10.2. The highest BCUT2D eigenvalue weighted by atomic mass is 35.5. The Morgan fingerprint density at radius 3 is 2.95 bits per heavy atom. The Morgan fingerprint density at radius 2 is 2.33 bits per heavy atom. The predicted molar refractivity (Wildman–Crippen MR) is 78.9 cm³/mol. The fourth-order valence-electron chi connectivity index (χ4n) is 1.54. The van der Waals surface area contributed by atoms with E-state index in [-0.39, 0.29) is 11.6 Å². The van der Waals surface area contributed by atoms with Gasteiger partial charge < -0.3 is 5.84 Å². The Bertz CT molecular complexity index is 698. The maximum atomic E-state index is 10.7. The Labute approximate surface area is 124 Å². The maximum Gasteiger partial charge on any atom is 0.270 e. The molecule has 0 unspecified atom stereocenters. The molecule has 10 heteroatoms. The van der Waals surface area contributed by atoms with Crippen LogP contribution >= 0.6 is 11.6 Å². The van der Waals surface area contributed by atoms with Gasteiger partial charge in [0, 0.05) is 29.1 Å². The minimum Gasteiger partial charge on any atom is -0.335 e. The van der Waals surface area contributed by atoms with Crippen LogP contribution in [0, 0.1) is 10.1 Å². The van der Waals surface area contributed by atoms with E-state index in [0.717, 1.165) is 0 Å². The second-order valence-corrected chi connectivity index (χ2v) is 4.40. The Balaban J connectivity index is 2.16. The van der Waals surface area contributed by atoms with Gasteiger partial charge in [-0.2, -0.15) is 5.10 Å². The molecule has 0 bridgehead atoms. The standard InChI is InChI=1S/C11H12ClN7O2/c1-2-10-15-17-11(18(10)13)16-14-6-7-5-8(19(20)21)3-4-9(7)12/h3-6H,2,13H2,1H3,(H,16,17)/b14-6-. The smallest absolute Gasteiger partial charge is 0.270 e. The summed E-state index contributed by atoms with van der Waals surface area (Å²) >= 11 is 5.94. The van der Waals surface area contributed by atoms with Gasteiger partial charge in [0.25, 0.3) is 11.6 Å². The van der Waals surface area contributed by atoms with Gasteiger partial charge in [0.15, 0.2) is 5.82 Å². The normalized spacial score (nSPS) is 11.0. The molecule has 0 aliphatic rings. The van der Waals surface area contributed by atoms with Crippen LogP contribution in [0.2, 0.25) is 5.02 Å². The van der Waals surface area contributed by atoms with Crippen molar-refractivity contribution in [2.75, 3.05) is 11.3 Å². The highest BCUT2D eigenvalue weighted by molar-refractivity contribution is 6.33. The second kappa shape index (κ2) is 6.18. The van der Waals surface area contributed by atoms with Gasteiger partial charge in [-0.05, 0) is 6.07 Å². The van der Waals surface area contributed by atoms with Crippen molar-refractivity contribution in [3.05, 3.63) is 44.7 Å². The molecular weight excluding hydrogens is 298 g/mol. The van der Waals surface area contributed by atoms with Gasteiger partial charge in [0.1, 0.15) is 0 Å². The van der Waals surface area contributed by atoms with Crippen LogP contribution in [0.15, 0.2) is 23.3 Å². The summed E-state index contributed by atoms with van der Waals surface area (Å²) in [5.41, 5.74) is 2.92. The molecule has 1 heterocycles. The number of nitrogens with one attached hydrogen (secondary N) is 1. The van der Waals surface area contributed by atoms with Crippen molar-refractivity contribution >= 4 is 29.5 Å². The van der Waals surface area contributed by atoms with Crippen LogP contribution in [0.4, 0.5) is 11.6 Å². The number of nitro groups is 1. The maximum absolute atomic E-state index is 10.7. The van der Waals surface area contributed by atoms with Gasteiger partial charge in [-0.3, -0.25) is 10.1 Å². The minimum atomic E-state index is -0.509. The molecule has 1 aromatic carbocycles. The molecule has 21 heavy (non-hydrogen) atoms. The molecule has 0 spiro atoms. The van der Waals surface area contributed by atoms with Gasteiger partial charge >= 0.3 is 0 Å². The third-order valence-corrected chi connectivity index (χ3v) is 2.99. The first-order chi connectivity index (χ1) is 10.0. The molecule has 0 amide bonds. The molecular formula is C11H12ClN7O2. The summed E-state index contributed by atoms with van der Waals surface area (Å²) in [6.45, 7) is 1.89. The quantitative estimate of drug-likeness (QED) is 0.374. The van der Waals surface area contributed by atoms with E-state index in [1.807, 2.05) is 6.92 Å². The van der Waals surface area contributed by atoms with E-state index in [1.54, 1.807) is 0 Å². The van der Waals surface area contributed by atoms with E-state index >= 15 is 0 Å². The van der Waals surface area contributed by atoms with Crippen LogP contribution in [-0.2, 0) is 6.42 Å². The second-order valence-electron chi connectivity index (χ2n) is 4.00. The van der Waals surface area contributed by atoms with Crippen LogP contribution in [0.5, 0.6) is 0 Å². The van der Waals surface area contributed by atoms with Crippen LogP contribution < -0.4 is 11.3 Å². The van der Waals surface area contributed by atoms with Crippen LogP contribution in [0.3, 0.4) is 0 Å². The number of hydrogen-bond donors (Lipinski definition) is 2. The summed E-state index contributed by atoms with van der Waals surface area (Å²) in [6.07, 6.45) is 1.97. The molecule has 1 aromatic heterocycles. The average molecular weight is 310 g/mol. The lowest BCUT2D eigenvalue weighted by Crippen LogP contribution is -2.14. The topological polar surface area (TPSA) is 124 Å². The monoisotopic (exact) mass is 309 g/mol. The number of rotatable bonds is 5.